The number of aromatic nitrogens is 1. The fourth-order valence-electron chi connectivity index (χ4n) is 2.40. The van der Waals surface area contributed by atoms with Gasteiger partial charge in [-0.1, -0.05) is 30.3 Å². The molecule has 7 heteroatoms. The molecule has 0 unspecified atom stereocenters. The van der Waals surface area contributed by atoms with E-state index in [0.717, 1.165) is 24.8 Å². The fraction of sp³-hybridized carbons (Fsp3) is 0.500. The smallest absolute Gasteiger partial charge is 0.272 e. The largest absolute Gasteiger partial charge is 0.348 e. The lowest BCUT2D eigenvalue weighted by Gasteiger charge is -2.35. The highest BCUT2D eigenvalue weighted by Gasteiger charge is 2.27. The van der Waals surface area contributed by atoms with Crippen LogP contribution in [0, 0.1) is 0 Å². The summed E-state index contributed by atoms with van der Waals surface area (Å²) in [4.78, 5) is 25.1. The van der Waals surface area contributed by atoms with Crippen LogP contribution >= 0.6 is 23.4 Å². The molecule has 1 fully saturated rings. The van der Waals surface area contributed by atoms with Gasteiger partial charge in [0.25, 0.3) is 5.91 Å². The van der Waals surface area contributed by atoms with Gasteiger partial charge in [-0.05, 0) is 12.1 Å². The van der Waals surface area contributed by atoms with Gasteiger partial charge in [0.2, 0.25) is 0 Å². The standard InChI is InChI=1S/C14H17ClN4OS/c1-10-8-17-14(21-10)19-6-4-18(5-7-19)13(20)12-3-2-11(15)9-16-12/h2-3,9-10H,4-8H2,1H3/t10-/m1/s1. The van der Waals surface area contributed by atoms with Crippen molar-refractivity contribution in [3.05, 3.63) is 29.0 Å². The summed E-state index contributed by atoms with van der Waals surface area (Å²) in [7, 11) is 0. The molecular formula is C14H17ClN4OS. The Kier molecular flexibility index (Phi) is 4.35. The number of hydrogen-bond acceptors (Lipinski definition) is 5. The van der Waals surface area contributed by atoms with E-state index in [1.54, 1.807) is 12.1 Å². The van der Waals surface area contributed by atoms with Crippen molar-refractivity contribution in [1.82, 2.24) is 14.8 Å². The van der Waals surface area contributed by atoms with Gasteiger partial charge in [0.1, 0.15) is 5.69 Å². The molecule has 2 aliphatic rings. The van der Waals surface area contributed by atoms with E-state index in [4.69, 9.17) is 11.6 Å². The van der Waals surface area contributed by atoms with Gasteiger partial charge in [-0.2, -0.15) is 0 Å². The molecule has 0 spiro atoms. The summed E-state index contributed by atoms with van der Waals surface area (Å²) in [5.74, 6) is -0.0271. The Morgan fingerprint density at radius 3 is 2.67 bits per heavy atom. The van der Waals surface area contributed by atoms with E-state index in [1.165, 1.54) is 6.20 Å². The maximum absolute atomic E-state index is 12.4. The molecule has 1 aromatic heterocycles. The maximum atomic E-state index is 12.4. The van der Waals surface area contributed by atoms with Crippen LogP contribution in [0.2, 0.25) is 5.02 Å². The second kappa shape index (κ2) is 6.23. The molecule has 1 amide bonds. The minimum absolute atomic E-state index is 0.0271. The summed E-state index contributed by atoms with van der Waals surface area (Å²) >= 11 is 7.62. The Bertz CT molecular complexity index is 555. The van der Waals surface area contributed by atoms with E-state index in [1.807, 2.05) is 16.7 Å². The number of piperazine rings is 1. The van der Waals surface area contributed by atoms with E-state index >= 15 is 0 Å². The van der Waals surface area contributed by atoms with Crippen molar-refractivity contribution in [3.63, 3.8) is 0 Å². The maximum Gasteiger partial charge on any atom is 0.272 e. The van der Waals surface area contributed by atoms with Crippen LogP contribution in [0.5, 0.6) is 0 Å². The van der Waals surface area contributed by atoms with Crippen LogP contribution < -0.4 is 0 Å². The molecule has 0 N–H and O–H groups in total. The average molecular weight is 325 g/mol. The van der Waals surface area contributed by atoms with Crippen molar-refractivity contribution < 1.29 is 4.79 Å². The van der Waals surface area contributed by atoms with Gasteiger partial charge in [-0.25, -0.2) is 4.98 Å². The lowest BCUT2D eigenvalue weighted by Crippen LogP contribution is -2.50. The van der Waals surface area contributed by atoms with E-state index in [0.29, 0.717) is 29.1 Å². The molecule has 21 heavy (non-hydrogen) atoms. The molecule has 5 nitrogen and oxygen atoms in total. The molecule has 0 radical (unpaired) electrons. The normalized spacial score (nSPS) is 22.4. The zero-order valence-corrected chi connectivity index (χ0v) is 13.4. The highest BCUT2D eigenvalue weighted by Crippen LogP contribution is 2.23. The van der Waals surface area contributed by atoms with Crippen molar-refractivity contribution >= 4 is 34.4 Å². The predicted molar refractivity (Wildman–Crippen MR) is 86.1 cm³/mol. The lowest BCUT2D eigenvalue weighted by molar-refractivity contribution is 0.0688. The Morgan fingerprint density at radius 1 is 1.33 bits per heavy atom. The van der Waals surface area contributed by atoms with Crippen LogP contribution in [0.3, 0.4) is 0 Å². The molecule has 1 saturated heterocycles. The van der Waals surface area contributed by atoms with Crippen molar-refractivity contribution in [2.24, 2.45) is 4.99 Å². The summed E-state index contributed by atoms with van der Waals surface area (Å²) in [6.45, 7) is 6.16. The number of pyridine rings is 1. The van der Waals surface area contributed by atoms with Crippen molar-refractivity contribution in [1.29, 1.82) is 0 Å². The summed E-state index contributed by atoms with van der Waals surface area (Å²) in [5, 5.41) is 2.24. The second-order valence-corrected chi connectivity index (χ2v) is 7.03. The number of aliphatic imine (C=N–C) groups is 1. The quantitative estimate of drug-likeness (QED) is 0.792. The number of nitrogens with zero attached hydrogens (tertiary/aromatic N) is 4. The molecule has 3 heterocycles. The molecule has 0 aromatic carbocycles. The first kappa shape index (κ1) is 14.7. The fourth-order valence-corrected chi connectivity index (χ4v) is 3.50. The average Bonchev–Trinajstić information content (AvgIpc) is 2.94. The molecule has 2 aliphatic heterocycles. The van der Waals surface area contributed by atoms with Crippen molar-refractivity contribution in [3.8, 4) is 0 Å². The number of carbonyl (C=O) groups is 1. The SMILES string of the molecule is C[C@@H]1CN=C(N2CCN(C(=O)c3ccc(Cl)cn3)CC2)S1. The summed E-state index contributed by atoms with van der Waals surface area (Å²) in [6, 6.07) is 3.37. The van der Waals surface area contributed by atoms with Crippen LogP contribution in [0.4, 0.5) is 0 Å². The third-order valence-corrected chi connectivity index (χ3v) is 4.95. The molecule has 3 rings (SSSR count). The van der Waals surface area contributed by atoms with Gasteiger partial charge in [0.05, 0.1) is 11.6 Å². The molecule has 112 valence electrons. The first-order valence-electron chi connectivity index (χ1n) is 7.00. The van der Waals surface area contributed by atoms with Gasteiger partial charge < -0.3 is 9.80 Å². The number of rotatable bonds is 1. The number of hydrogen-bond donors (Lipinski definition) is 0. The van der Waals surface area contributed by atoms with E-state index < -0.39 is 0 Å². The van der Waals surface area contributed by atoms with Gasteiger partial charge in [-0.3, -0.25) is 9.79 Å². The van der Waals surface area contributed by atoms with Crippen molar-refractivity contribution in [2.75, 3.05) is 32.7 Å². The molecule has 1 atom stereocenters. The Labute approximate surface area is 133 Å². The summed E-state index contributed by atoms with van der Waals surface area (Å²) < 4.78 is 0. The highest BCUT2D eigenvalue weighted by atomic mass is 35.5. The van der Waals surface area contributed by atoms with E-state index in [2.05, 4.69) is 21.8 Å². The first-order valence-corrected chi connectivity index (χ1v) is 8.26. The summed E-state index contributed by atoms with van der Waals surface area (Å²) in [6.07, 6.45) is 1.51. The van der Waals surface area contributed by atoms with E-state index in [-0.39, 0.29) is 5.91 Å². The monoisotopic (exact) mass is 324 g/mol. The number of thioether (sulfide) groups is 1. The zero-order chi connectivity index (χ0) is 14.8. The van der Waals surface area contributed by atoms with Crippen molar-refractivity contribution in [2.45, 2.75) is 12.2 Å². The molecule has 1 aromatic rings. The predicted octanol–water partition coefficient (Wildman–Crippen LogP) is 1.98. The number of amides is 1. The Hall–Kier alpha value is -1.27. The van der Waals surface area contributed by atoms with E-state index in [9.17, 15) is 4.79 Å². The summed E-state index contributed by atoms with van der Waals surface area (Å²) in [5.41, 5.74) is 0.453. The van der Waals surface area contributed by atoms with Crippen LogP contribution in [-0.2, 0) is 0 Å². The Morgan fingerprint density at radius 2 is 2.10 bits per heavy atom. The minimum Gasteiger partial charge on any atom is -0.348 e. The molecule has 0 aliphatic carbocycles. The Balaban J connectivity index is 1.58. The number of amidine groups is 1. The van der Waals surface area contributed by atoms with Crippen LogP contribution in [0.1, 0.15) is 17.4 Å². The number of halogens is 1. The zero-order valence-electron chi connectivity index (χ0n) is 11.8. The first-order chi connectivity index (χ1) is 10.1. The molecule has 0 bridgehead atoms. The van der Waals surface area contributed by atoms with Gasteiger partial charge in [0, 0.05) is 37.6 Å². The third kappa shape index (κ3) is 3.32. The minimum atomic E-state index is -0.0271. The van der Waals surface area contributed by atoms with Crippen LogP contribution in [-0.4, -0.2) is 63.8 Å². The molecule has 0 saturated carbocycles. The van der Waals surface area contributed by atoms with Crippen LogP contribution in [0.15, 0.2) is 23.3 Å². The lowest BCUT2D eigenvalue weighted by atomic mass is 10.2. The van der Waals surface area contributed by atoms with Gasteiger partial charge >= 0.3 is 0 Å². The second-order valence-electron chi connectivity index (χ2n) is 5.19. The van der Waals surface area contributed by atoms with Gasteiger partial charge in [0.15, 0.2) is 5.17 Å². The third-order valence-electron chi connectivity index (χ3n) is 3.57. The van der Waals surface area contributed by atoms with Gasteiger partial charge in [-0.15, -0.1) is 0 Å². The highest BCUT2D eigenvalue weighted by molar-refractivity contribution is 8.14. The topological polar surface area (TPSA) is 48.8 Å². The van der Waals surface area contributed by atoms with Crippen LogP contribution in [0.25, 0.3) is 0 Å². The molecular weight excluding hydrogens is 308 g/mol. The number of carbonyl (C=O) groups excluding carboxylic acids is 1.